The Hall–Kier alpha value is -2.47. The van der Waals surface area contributed by atoms with E-state index in [2.05, 4.69) is 0 Å². The first-order chi connectivity index (χ1) is 14.0. The first-order valence-corrected chi connectivity index (χ1v) is 10.9. The van der Waals surface area contributed by atoms with Gasteiger partial charge < -0.3 is 9.84 Å². The van der Waals surface area contributed by atoms with Crippen LogP contribution in [0.15, 0.2) is 59.5 Å². The highest BCUT2D eigenvalue weighted by molar-refractivity contribution is 7.99. The number of thioether (sulfide) groups is 1. The minimum atomic E-state index is -1.07. The number of amides is 1. The first-order valence-electron chi connectivity index (χ1n) is 10.0. The number of aryl methyl sites for hydroxylation is 1. The fraction of sp³-hybridized carbons (Fsp3) is 0.417. The number of carboxylic acid groups (broad SMARTS) is 1. The molecule has 0 aliphatic rings. The average Bonchev–Trinajstić information content (AvgIpc) is 2.66. The van der Waals surface area contributed by atoms with E-state index in [1.54, 1.807) is 32.5 Å². The summed E-state index contributed by atoms with van der Waals surface area (Å²) in [7, 11) is 0. The van der Waals surface area contributed by atoms with E-state index in [-0.39, 0.29) is 5.25 Å². The van der Waals surface area contributed by atoms with Crippen molar-refractivity contribution in [2.75, 3.05) is 0 Å². The van der Waals surface area contributed by atoms with Crippen LogP contribution < -0.4 is 0 Å². The third-order valence-corrected chi connectivity index (χ3v) is 6.13. The Balaban J connectivity index is 2.46. The van der Waals surface area contributed by atoms with Gasteiger partial charge in [-0.2, -0.15) is 0 Å². The Kier molecular flexibility index (Phi) is 7.96. The van der Waals surface area contributed by atoms with Crippen LogP contribution in [0.4, 0.5) is 4.79 Å². The van der Waals surface area contributed by atoms with Gasteiger partial charge in [-0.1, -0.05) is 48.0 Å². The lowest BCUT2D eigenvalue weighted by Crippen LogP contribution is -2.51. The van der Waals surface area contributed by atoms with Gasteiger partial charge in [-0.25, -0.2) is 9.59 Å². The molecule has 0 heterocycles. The second-order valence-electron chi connectivity index (χ2n) is 8.40. The van der Waals surface area contributed by atoms with Crippen LogP contribution in [0.1, 0.15) is 51.0 Å². The van der Waals surface area contributed by atoms with Crippen molar-refractivity contribution in [3.8, 4) is 0 Å². The van der Waals surface area contributed by atoms with Gasteiger partial charge in [0.1, 0.15) is 11.6 Å². The molecular formula is C24H31NO4S. The molecule has 0 aromatic heterocycles. The van der Waals surface area contributed by atoms with E-state index in [0.29, 0.717) is 0 Å². The summed E-state index contributed by atoms with van der Waals surface area (Å²) < 4.78 is 5.56. The molecule has 2 aromatic carbocycles. The Bertz CT molecular complexity index is 846. The van der Waals surface area contributed by atoms with Gasteiger partial charge in [0.2, 0.25) is 0 Å². The molecule has 0 bridgehead atoms. The maximum absolute atomic E-state index is 13.0. The molecule has 0 aliphatic heterocycles. The quantitative estimate of drug-likeness (QED) is 0.553. The van der Waals surface area contributed by atoms with Gasteiger partial charge in [0.25, 0.3) is 0 Å². The molecule has 3 unspecified atom stereocenters. The Morgan fingerprint density at radius 1 is 1.00 bits per heavy atom. The number of benzene rings is 2. The van der Waals surface area contributed by atoms with Gasteiger partial charge in [0, 0.05) is 10.9 Å². The van der Waals surface area contributed by atoms with E-state index in [4.69, 9.17) is 4.74 Å². The molecule has 162 valence electrons. The number of hydrogen-bond acceptors (Lipinski definition) is 4. The standard InChI is InChI=1S/C24H31NO4S/c1-16-12-14-19(15-13-16)21(30-20-10-8-7-9-11-20)17(2)25(18(3)22(26)27)23(28)29-24(4,5)6/h7-15,17-18,21H,1-6H3,(H,26,27). The summed E-state index contributed by atoms with van der Waals surface area (Å²) in [5, 5.41) is 9.49. The number of ether oxygens (including phenoxy) is 1. The van der Waals surface area contributed by atoms with Crippen molar-refractivity contribution in [2.45, 2.75) is 69.4 Å². The van der Waals surface area contributed by atoms with Gasteiger partial charge in [0.05, 0.1) is 5.25 Å². The molecule has 2 aromatic rings. The Morgan fingerprint density at radius 2 is 1.57 bits per heavy atom. The largest absolute Gasteiger partial charge is 0.480 e. The smallest absolute Gasteiger partial charge is 0.411 e. The zero-order valence-electron chi connectivity index (χ0n) is 18.5. The molecule has 1 N–H and O–H groups in total. The van der Waals surface area contributed by atoms with Crippen molar-refractivity contribution < 1.29 is 19.4 Å². The van der Waals surface area contributed by atoms with Gasteiger partial charge in [0.15, 0.2) is 0 Å². The molecular weight excluding hydrogens is 398 g/mol. The molecule has 30 heavy (non-hydrogen) atoms. The van der Waals surface area contributed by atoms with Gasteiger partial charge >= 0.3 is 12.1 Å². The first kappa shape index (κ1) is 23.8. The third kappa shape index (κ3) is 6.52. The Labute approximate surface area is 183 Å². The second kappa shape index (κ2) is 10.0. The maximum Gasteiger partial charge on any atom is 0.411 e. The van der Waals surface area contributed by atoms with Crippen LogP contribution in [-0.4, -0.2) is 39.8 Å². The summed E-state index contributed by atoms with van der Waals surface area (Å²) in [6, 6.07) is 16.6. The monoisotopic (exact) mass is 429 g/mol. The summed E-state index contributed by atoms with van der Waals surface area (Å²) in [5.41, 5.74) is 1.44. The van der Waals surface area contributed by atoms with Crippen molar-refractivity contribution in [3.63, 3.8) is 0 Å². The van der Waals surface area contributed by atoms with E-state index < -0.39 is 29.7 Å². The highest BCUT2D eigenvalue weighted by Gasteiger charge is 2.37. The predicted octanol–water partition coefficient (Wildman–Crippen LogP) is 5.93. The minimum absolute atomic E-state index is 0.178. The van der Waals surface area contributed by atoms with Crippen LogP contribution in [-0.2, 0) is 9.53 Å². The fourth-order valence-electron chi connectivity index (χ4n) is 3.10. The zero-order chi connectivity index (χ0) is 22.5. The van der Waals surface area contributed by atoms with E-state index in [0.717, 1.165) is 16.0 Å². The molecule has 0 fully saturated rings. The molecule has 1 amide bonds. The number of aliphatic carboxylic acids is 1. The SMILES string of the molecule is Cc1ccc(C(Sc2ccccc2)C(C)N(C(=O)OC(C)(C)C)C(C)C(=O)O)cc1. The number of rotatable bonds is 7. The van der Waals surface area contributed by atoms with Crippen LogP contribution in [0.25, 0.3) is 0 Å². The molecule has 6 heteroatoms. The number of carboxylic acids is 1. The lowest BCUT2D eigenvalue weighted by molar-refractivity contribution is -0.143. The highest BCUT2D eigenvalue weighted by Crippen LogP contribution is 2.40. The van der Waals surface area contributed by atoms with Gasteiger partial charge in [-0.15, -0.1) is 11.8 Å². The fourth-order valence-corrected chi connectivity index (χ4v) is 4.33. The lowest BCUT2D eigenvalue weighted by atomic mass is 10.0. The van der Waals surface area contributed by atoms with Crippen LogP contribution in [0, 0.1) is 6.92 Å². The molecule has 5 nitrogen and oxygen atoms in total. The van der Waals surface area contributed by atoms with Crippen LogP contribution in [0.5, 0.6) is 0 Å². The number of carbonyl (C=O) groups excluding carboxylic acids is 1. The van der Waals surface area contributed by atoms with Crippen molar-refractivity contribution >= 4 is 23.8 Å². The molecule has 2 rings (SSSR count). The summed E-state index contributed by atoms with van der Waals surface area (Å²) in [6.07, 6.45) is -0.629. The molecule has 0 radical (unpaired) electrons. The summed E-state index contributed by atoms with van der Waals surface area (Å²) in [4.78, 5) is 27.2. The lowest BCUT2D eigenvalue weighted by Gasteiger charge is -2.38. The summed E-state index contributed by atoms with van der Waals surface area (Å²) >= 11 is 1.61. The topological polar surface area (TPSA) is 66.8 Å². The van der Waals surface area contributed by atoms with Crippen molar-refractivity contribution in [1.29, 1.82) is 0 Å². The van der Waals surface area contributed by atoms with E-state index >= 15 is 0 Å². The van der Waals surface area contributed by atoms with E-state index in [1.807, 2.05) is 68.4 Å². The summed E-state index contributed by atoms with van der Waals surface area (Å²) in [5.74, 6) is -1.07. The Morgan fingerprint density at radius 3 is 2.07 bits per heavy atom. The minimum Gasteiger partial charge on any atom is -0.480 e. The summed E-state index contributed by atoms with van der Waals surface area (Å²) in [6.45, 7) is 10.7. The van der Waals surface area contributed by atoms with Crippen LogP contribution in [0.2, 0.25) is 0 Å². The number of carbonyl (C=O) groups is 2. The molecule has 3 atom stereocenters. The molecule has 0 spiro atoms. The molecule has 0 saturated carbocycles. The number of nitrogens with zero attached hydrogens (tertiary/aromatic N) is 1. The van der Waals surface area contributed by atoms with Crippen LogP contribution in [0.3, 0.4) is 0 Å². The predicted molar refractivity (Wildman–Crippen MR) is 121 cm³/mol. The van der Waals surface area contributed by atoms with Gasteiger partial charge in [-0.05, 0) is 59.2 Å². The third-order valence-electron chi connectivity index (χ3n) is 4.67. The number of hydrogen-bond donors (Lipinski definition) is 1. The van der Waals surface area contributed by atoms with Crippen molar-refractivity contribution in [3.05, 3.63) is 65.7 Å². The second-order valence-corrected chi connectivity index (χ2v) is 9.62. The molecule has 0 saturated heterocycles. The van der Waals surface area contributed by atoms with E-state index in [1.165, 1.54) is 11.8 Å². The molecule has 0 aliphatic carbocycles. The van der Waals surface area contributed by atoms with Crippen LogP contribution >= 0.6 is 11.8 Å². The maximum atomic E-state index is 13.0. The van der Waals surface area contributed by atoms with Crippen molar-refractivity contribution in [2.24, 2.45) is 0 Å². The highest BCUT2D eigenvalue weighted by atomic mass is 32.2. The van der Waals surface area contributed by atoms with Gasteiger partial charge in [-0.3, -0.25) is 4.90 Å². The van der Waals surface area contributed by atoms with Crippen molar-refractivity contribution in [1.82, 2.24) is 4.90 Å². The van der Waals surface area contributed by atoms with E-state index in [9.17, 15) is 14.7 Å². The zero-order valence-corrected chi connectivity index (χ0v) is 19.3. The normalized spacial score (nSPS) is 14.5. The average molecular weight is 430 g/mol.